The maximum absolute atomic E-state index is 11.9. The largest absolute Gasteiger partial charge is 0.452 e. The smallest absolute Gasteiger partial charge is 0.340 e. The first-order valence-electron chi connectivity index (χ1n) is 6.17. The van der Waals surface area contributed by atoms with E-state index < -0.39 is 33.4 Å². The van der Waals surface area contributed by atoms with E-state index in [1.165, 1.54) is 0 Å². The number of nitrogens with one attached hydrogen (secondary N) is 1. The minimum absolute atomic E-state index is 0.106. The molecule has 0 spiro atoms. The topological polar surface area (TPSA) is 116 Å². The average Bonchev–Trinajstić information content (AvgIpc) is 3.18. The second-order valence-electron chi connectivity index (χ2n) is 4.73. The summed E-state index contributed by atoms with van der Waals surface area (Å²) in [5.74, 6) is -1.38. The van der Waals surface area contributed by atoms with Gasteiger partial charge in [0.05, 0.1) is 15.6 Å². The second kappa shape index (κ2) is 6.41. The molecular weight excluding hydrogens is 355 g/mol. The van der Waals surface area contributed by atoms with Gasteiger partial charge in [0.2, 0.25) is 10.0 Å². The molecule has 0 radical (unpaired) electrons. The molecule has 0 atom stereocenters. The van der Waals surface area contributed by atoms with Gasteiger partial charge in [-0.3, -0.25) is 4.79 Å². The third-order valence-electron chi connectivity index (χ3n) is 2.82. The number of esters is 1. The van der Waals surface area contributed by atoms with Gasteiger partial charge in [-0.05, 0) is 25.0 Å². The molecule has 0 bridgehead atoms. The lowest BCUT2D eigenvalue weighted by Crippen LogP contribution is -2.30. The van der Waals surface area contributed by atoms with Crippen molar-refractivity contribution >= 4 is 45.1 Å². The molecule has 0 heterocycles. The van der Waals surface area contributed by atoms with E-state index in [4.69, 9.17) is 33.1 Å². The highest BCUT2D eigenvalue weighted by Crippen LogP contribution is 2.28. The Balaban J connectivity index is 2.13. The van der Waals surface area contributed by atoms with Crippen molar-refractivity contribution in [2.24, 2.45) is 5.14 Å². The van der Waals surface area contributed by atoms with E-state index in [2.05, 4.69) is 5.32 Å². The van der Waals surface area contributed by atoms with E-state index in [0.717, 1.165) is 25.0 Å². The molecule has 1 saturated carbocycles. The van der Waals surface area contributed by atoms with Crippen molar-refractivity contribution in [1.29, 1.82) is 0 Å². The highest BCUT2D eigenvalue weighted by molar-refractivity contribution is 7.89. The summed E-state index contributed by atoms with van der Waals surface area (Å²) in [6.45, 7) is -0.487. The molecule has 0 saturated heterocycles. The lowest BCUT2D eigenvalue weighted by atomic mass is 10.2. The number of rotatable bonds is 5. The number of hydrogen-bond donors (Lipinski definition) is 2. The molecule has 7 nitrogen and oxygen atoms in total. The molecule has 1 aliphatic rings. The van der Waals surface area contributed by atoms with Crippen molar-refractivity contribution in [3.63, 3.8) is 0 Å². The van der Waals surface area contributed by atoms with Crippen LogP contribution in [-0.4, -0.2) is 32.9 Å². The van der Waals surface area contributed by atoms with Gasteiger partial charge in [0.15, 0.2) is 6.61 Å². The molecule has 0 aliphatic heterocycles. The third kappa shape index (κ3) is 4.33. The normalized spacial score (nSPS) is 14.5. The van der Waals surface area contributed by atoms with Gasteiger partial charge >= 0.3 is 5.97 Å². The number of primary sulfonamides is 1. The molecule has 0 aromatic heterocycles. The van der Waals surface area contributed by atoms with Crippen LogP contribution in [-0.2, 0) is 19.6 Å². The number of carbonyl (C=O) groups excluding carboxylic acids is 2. The maximum Gasteiger partial charge on any atom is 0.340 e. The first-order valence-corrected chi connectivity index (χ1v) is 8.47. The third-order valence-corrected chi connectivity index (χ3v) is 4.51. The van der Waals surface area contributed by atoms with E-state index in [1.54, 1.807) is 0 Å². The van der Waals surface area contributed by atoms with Crippen LogP contribution in [0.5, 0.6) is 0 Å². The molecule has 1 fully saturated rings. The lowest BCUT2D eigenvalue weighted by molar-refractivity contribution is -0.124. The fourth-order valence-corrected chi connectivity index (χ4v) is 3.01. The quantitative estimate of drug-likeness (QED) is 0.756. The maximum atomic E-state index is 11.9. The van der Waals surface area contributed by atoms with Crippen molar-refractivity contribution < 1.29 is 22.7 Å². The number of ether oxygens (including phenoxy) is 1. The Labute approximate surface area is 136 Å². The minimum Gasteiger partial charge on any atom is -0.452 e. The molecule has 22 heavy (non-hydrogen) atoms. The van der Waals surface area contributed by atoms with E-state index >= 15 is 0 Å². The highest BCUT2D eigenvalue weighted by atomic mass is 35.5. The monoisotopic (exact) mass is 366 g/mol. The molecule has 1 aromatic rings. The van der Waals surface area contributed by atoms with Crippen molar-refractivity contribution in [3.05, 3.63) is 27.7 Å². The summed E-state index contributed by atoms with van der Waals surface area (Å²) >= 11 is 11.6. The number of sulfonamides is 1. The van der Waals surface area contributed by atoms with Crippen LogP contribution in [0.2, 0.25) is 10.0 Å². The second-order valence-corrected chi connectivity index (χ2v) is 7.07. The highest BCUT2D eigenvalue weighted by Gasteiger charge is 2.25. The molecule has 1 amide bonds. The van der Waals surface area contributed by atoms with Crippen LogP contribution < -0.4 is 10.5 Å². The molecule has 10 heteroatoms. The van der Waals surface area contributed by atoms with Crippen LogP contribution in [0.3, 0.4) is 0 Å². The molecular formula is C12H12Cl2N2O5S. The zero-order valence-corrected chi connectivity index (χ0v) is 13.5. The number of carbonyl (C=O) groups is 2. The van der Waals surface area contributed by atoms with Gasteiger partial charge in [-0.25, -0.2) is 18.4 Å². The van der Waals surface area contributed by atoms with Crippen LogP contribution >= 0.6 is 23.2 Å². The van der Waals surface area contributed by atoms with Crippen LogP contribution in [0, 0.1) is 0 Å². The number of amides is 1. The summed E-state index contributed by atoms with van der Waals surface area (Å²) in [4.78, 5) is 22.9. The molecule has 120 valence electrons. The summed E-state index contributed by atoms with van der Waals surface area (Å²) in [6, 6.07) is 2.13. The van der Waals surface area contributed by atoms with Gasteiger partial charge in [0.1, 0.15) is 4.90 Å². The standard InChI is InChI=1S/C12H12Cl2N2O5S/c13-8-4-9(14)10(22(15,19)20)3-7(8)12(18)21-5-11(17)16-6-1-2-6/h3-4,6H,1-2,5H2,(H,16,17)(H2,15,19,20). The van der Waals surface area contributed by atoms with Crippen LogP contribution in [0.1, 0.15) is 23.2 Å². The van der Waals surface area contributed by atoms with E-state index in [1.807, 2.05) is 0 Å². The van der Waals surface area contributed by atoms with Crippen LogP contribution in [0.15, 0.2) is 17.0 Å². The van der Waals surface area contributed by atoms with Crippen molar-refractivity contribution in [3.8, 4) is 0 Å². The summed E-state index contributed by atoms with van der Waals surface area (Å²) in [6.07, 6.45) is 1.81. The SMILES string of the molecule is NS(=O)(=O)c1cc(C(=O)OCC(=O)NC2CC2)c(Cl)cc1Cl. The van der Waals surface area contributed by atoms with E-state index in [0.29, 0.717) is 0 Å². The van der Waals surface area contributed by atoms with Gasteiger partial charge in [0, 0.05) is 6.04 Å². The number of hydrogen-bond acceptors (Lipinski definition) is 5. The molecule has 0 unspecified atom stereocenters. The first kappa shape index (κ1) is 17.0. The Hall–Kier alpha value is -1.35. The van der Waals surface area contributed by atoms with Gasteiger partial charge in [-0.2, -0.15) is 0 Å². The van der Waals surface area contributed by atoms with Gasteiger partial charge in [-0.15, -0.1) is 0 Å². The zero-order valence-electron chi connectivity index (χ0n) is 11.1. The minimum atomic E-state index is -4.12. The first-order chi connectivity index (χ1) is 10.2. The molecule has 3 N–H and O–H groups in total. The van der Waals surface area contributed by atoms with Gasteiger partial charge in [-0.1, -0.05) is 23.2 Å². The van der Waals surface area contributed by atoms with Gasteiger partial charge < -0.3 is 10.1 Å². The fraction of sp³-hybridized carbons (Fsp3) is 0.333. The summed E-state index contributed by atoms with van der Waals surface area (Å²) < 4.78 is 27.5. The molecule has 1 aliphatic carbocycles. The number of benzene rings is 1. The van der Waals surface area contributed by atoms with Crippen molar-refractivity contribution in [1.82, 2.24) is 5.32 Å². The zero-order chi connectivity index (χ0) is 16.5. The summed E-state index contributed by atoms with van der Waals surface area (Å²) in [7, 11) is -4.12. The van der Waals surface area contributed by atoms with Gasteiger partial charge in [0.25, 0.3) is 5.91 Å². The molecule has 1 aromatic carbocycles. The Morgan fingerprint density at radius 3 is 2.45 bits per heavy atom. The Morgan fingerprint density at radius 2 is 1.91 bits per heavy atom. The summed E-state index contributed by atoms with van der Waals surface area (Å²) in [5.41, 5.74) is -0.241. The van der Waals surface area contributed by atoms with E-state index in [9.17, 15) is 18.0 Å². The number of halogens is 2. The number of nitrogens with two attached hydrogens (primary N) is 1. The average molecular weight is 367 g/mol. The predicted molar refractivity (Wildman–Crippen MR) is 79.3 cm³/mol. The lowest BCUT2D eigenvalue weighted by Gasteiger charge is -2.09. The van der Waals surface area contributed by atoms with E-state index in [-0.39, 0.29) is 21.7 Å². The van der Waals surface area contributed by atoms with Crippen LogP contribution in [0.4, 0.5) is 0 Å². The van der Waals surface area contributed by atoms with Crippen LogP contribution in [0.25, 0.3) is 0 Å². The Bertz CT molecular complexity index is 731. The molecule has 2 rings (SSSR count). The van der Waals surface area contributed by atoms with Crippen molar-refractivity contribution in [2.45, 2.75) is 23.8 Å². The Morgan fingerprint density at radius 1 is 1.27 bits per heavy atom. The predicted octanol–water partition coefficient (Wildman–Crippen LogP) is 1.08. The summed E-state index contributed by atoms with van der Waals surface area (Å²) in [5, 5.41) is 7.30. The van der Waals surface area contributed by atoms with Crippen molar-refractivity contribution in [2.75, 3.05) is 6.61 Å². The fourth-order valence-electron chi connectivity index (χ4n) is 1.61. The Kier molecular flexibility index (Phi) is 4.96.